The maximum atomic E-state index is 12.4. The summed E-state index contributed by atoms with van der Waals surface area (Å²) in [5.74, 6) is 1.78. The highest BCUT2D eigenvalue weighted by molar-refractivity contribution is 7.99. The minimum absolute atomic E-state index is 0.00255. The van der Waals surface area contributed by atoms with Crippen molar-refractivity contribution in [1.29, 1.82) is 0 Å². The summed E-state index contributed by atoms with van der Waals surface area (Å²) in [7, 11) is 1.76. The SMILES string of the molecule is CC(C)n1cnnc1SCC(=O)N(C)Cc1ccc(-c2ccc(Cl)cc2)o1. The van der Waals surface area contributed by atoms with Crippen molar-refractivity contribution in [2.24, 2.45) is 0 Å². The highest BCUT2D eigenvalue weighted by Crippen LogP contribution is 2.25. The number of aromatic nitrogens is 3. The number of nitrogens with zero attached hydrogens (tertiary/aromatic N) is 4. The van der Waals surface area contributed by atoms with Gasteiger partial charge in [-0.2, -0.15) is 0 Å². The molecule has 1 aromatic carbocycles. The predicted octanol–water partition coefficient (Wildman–Crippen LogP) is 4.52. The lowest BCUT2D eigenvalue weighted by Gasteiger charge is -2.16. The molecule has 0 unspecified atom stereocenters. The second kappa shape index (κ2) is 8.63. The van der Waals surface area contributed by atoms with Gasteiger partial charge >= 0.3 is 0 Å². The number of rotatable bonds is 7. The van der Waals surface area contributed by atoms with Crippen LogP contribution in [0.1, 0.15) is 25.6 Å². The smallest absolute Gasteiger partial charge is 0.233 e. The van der Waals surface area contributed by atoms with Crippen molar-refractivity contribution in [3.05, 3.63) is 53.5 Å². The Kier molecular flexibility index (Phi) is 6.23. The third kappa shape index (κ3) is 4.93. The van der Waals surface area contributed by atoms with E-state index in [0.29, 0.717) is 17.3 Å². The van der Waals surface area contributed by atoms with Crippen LogP contribution < -0.4 is 0 Å². The van der Waals surface area contributed by atoms with Crippen LogP contribution in [-0.4, -0.2) is 38.4 Å². The Labute approximate surface area is 167 Å². The van der Waals surface area contributed by atoms with E-state index < -0.39 is 0 Å². The molecule has 0 saturated carbocycles. The van der Waals surface area contributed by atoms with Crippen molar-refractivity contribution >= 4 is 29.3 Å². The highest BCUT2D eigenvalue weighted by atomic mass is 35.5. The third-order valence-corrected chi connectivity index (χ3v) is 5.22. The number of hydrogen-bond acceptors (Lipinski definition) is 5. The van der Waals surface area contributed by atoms with E-state index in [9.17, 15) is 4.79 Å². The van der Waals surface area contributed by atoms with Gasteiger partial charge < -0.3 is 13.9 Å². The molecule has 0 bridgehead atoms. The molecular weight excluding hydrogens is 384 g/mol. The lowest BCUT2D eigenvalue weighted by atomic mass is 10.2. The normalized spacial score (nSPS) is 11.1. The molecule has 27 heavy (non-hydrogen) atoms. The van der Waals surface area contributed by atoms with Crippen LogP contribution >= 0.6 is 23.4 Å². The van der Waals surface area contributed by atoms with Gasteiger partial charge in [-0.05, 0) is 50.2 Å². The summed E-state index contributed by atoms with van der Waals surface area (Å²) >= 11 is 7.30. The number of carbonyl (C=O) groups excluding carboxylic acids is 1. The molecule has 8 heteroatoms. The first kappa shape index (κ1) is 19.5. The first-order valence-electron chi connectivity index (χ1n) is 8.55. The number of halogens is 1. The summed E-state index contributed by atoms with van der Waals surface area (Å²) in [4.78, 5) is 14.1. The fraction of sp³-hybridized carbons (Fsp3) is 0.316. The molecule has 0 fully saturated rings. The molecule has 6 nitrogen and oxygen atoms in total. The molecule has 0 atom stereocenters. The van der Waals surface area contributed by atoms with E-state index >= 15 is 0 Å². The van der Waals surface area contributed by atoms with Crippen LogP contribution in [0.5, 0.6) is 0 Å². The number of benzene rings is 1. The fourth-order valence-electron chi connectivity index (χ4n) is 2.48. The average Bonchev–Trinajstić information content (AvgIpc) is 3.29. The molecule has 2 heterocycles. The number of amides is 1. The Morgan fingerprint density at radius 2 is 2.00 bits per heavy atom. The summed E-state index contributed by atoms with van der Waals surface area (Å²) in [6, 6.07) is 11.5. The summed E-state index contributed by atoms with van der Waals surface area (Å²) in [5, 5.41) is 9.42. The summed E-state index contributed by atoms with van der Waals surface area (Å²) in [6.45, 7) is 4.51. The first-order valence-corrected chi connectivity index (χ1v) is 9.91. The Bertz CT molecular complexity index is 905. The van der Waals surface area contributed by atoms with Crippen LogP contribution in [0.3, 0.4) is 0 Å². The standard InChI is InChI=1S/C19H21ClN4O2S/c1-13(2)24-12-21-22-19(24)27-11-18(25)23(3)10-16-8-9-17(26-16)14-4-6-15(20)7-5-14/h4-9,12-13H,10-11H2,1-3H3. The molecule has 0 saturated heterocycles. The Balaban J connectivity index is 1.57. The van der Waals surface area contributed by atoms with Gasteiger partial charge in [-0.25, -0.2) is 0 Å². The van der Waals surface area contributed by atoms with E-state index in [4.69, 9.17) is 16.0 Å². The predicted molar refractivity (Wildman–Crippen MR) is 107 cm³/mol. The maximum absolute atomic E-state index is 12.4. The van der Waals surface area contributed by atoms with Crippen LogP contribution in [0.4, 0.5) is 0 Å². The molecule has 0 aliphatic carbocycles. The van der Waals surface area contributed by atoms with Crippen molar-refractivity contribution in [3.63, 3.8) is 0 Å². The third-order valence-electron chi connectivity index (χ3n) is 4.03. The number of carbonyl (C=O) groups is 1. The zero-order valence-electron chi connectivity index (χ0n) is 15.4. The van der Waals surface area contributed by atoms with Crippen molar-refractivity contribution in [1.82, 2.24) is 19.7 Å². The van der Waals surface area contributed by atoms with Crippen LogP contribution in [-0.2, 0) is 11.3 Å². The number of thioether (sulfide) groups is 1. The van der Waals surface area contributed by atoms with E-state index in [2.05, 4.69) is 24.0 Å². The van der Waals surface area contributed by atoms with Gasteiger partial charge in [0.25, 0.3) is 0 Å². The van der Waals surface area contributed by atoms with Gasteiger partial charge in [0.05, 0.1) is 12.3 Å². The van der Waals surface area contributed by atoms with E-state index in [-0.39, 0.29) is 11.9 Å². The molecule has 0 aliphatic rings. The maximum Gasteiger partial charge on any atom is 0.233 e. The summed E-state index contributed by atoms with van der Waals surface area (Å²) in [5.41, 5.74) is 0.947. The molecule has 0 radical (unpaired) electrons. The lowest BCUT2D eigenvalue weighted by Crippen LogP contribution is -2.27. The van der Waals surface area contributed by atoms with E-state index in [1.165, 1.54) is 11.8 Å². The molecule has 142 valence electrons. The molecule has 3 aromatic rings. The van der Waals surface area contributed by atoms with E-state index in [1.54, 1.807) is 18.3 Å². The van der Waals surface area contributed by atoms with Crippen molar-refractivity contribution in [2.45, 2.75) is 31.6 Å². The summed E-state index contributed by atoms with van der Waals surface area (Å²) < 4.78 is 7.81. The largest absolute Gasteiger partial charge is 0.459 e. The Hall–Kier alpha value is -2.25. The van der Waals surface area contributed by atoms with Gasteiger partial charge in [0, 0.05) is 23.7 Å². The second-order valence-electron chi connectivity index (χ2n) is 6.43. The number of furan rings is 1. The fourth-order valence-corrected chi connectivity index (χ4v) is 3.59. The Morgan fingerprint density at radius 3 is 2.70 bits per heavy atom. The zero-order chi connectivity index (χ0) is 19.4. The monoisotopic (exact) mass is 404 g/mol. The molecule has 1 amide bonds. The second-order valence-corrected chi connectivity index (χ2v) is 7.80. The molecule has 0 aliphatic heterocycles. The van der Waals surface area contributed by atoms with Gasteiger partial charge in [0.1, 0.15) is 17.8 Å². The molecular formula is C19H21ClN4O2S. The van der Waals surface area contributed by atoms with Gasteiger partial charge in [-0.15, -0.1) is 10.2 Å². The topological polar surface area (TPSA) is 64.2 Å². The van der Waals surface area contributed by atoms with Gasteiger partial charge in [-0.1, -0.05) is 23.4 Å². The lowest BCUT2D eigenvalue weighted by molar-refractivity contribution is -0.127. The van der Waals surface area contributed by atoms with Crippen LogP contribution in [0.25, 0.3) is 11.3 Å². The zero-order valence-corrected chi connectivity index (χ0v) is 17.0. The minimum Gasteiger partial charge on any atom is -0.459 e. The van der Waals surface area contributed by atoms with E-state index in [0.717, 1.165) is 22.2 Å². The average molecular weight is 405 g/mol. The molecule has 0 N–H and O–H groups in total. The summed E-state index contributed by atoms with van der Waals surface area (Å²) in [6.07, 6.45) is 1.68. The van der Waals surface area contributed by atoms with Crippen LogP contribution in [0.2, 0.25) is 5.02 Å². The molecule has 2 aromatic heterocycles. The van der Waals surface area contributed by atoms with Crippen LogP contribution in [0.15, 0.2) is 52.3 Å². The molecule has 0 spiro atoms. The van der Waals surface area contributed by atoms with Crippen molar-refractivity contribution < 1.29 is 9.21 Å². The quantitative estimate of drug-likeness (QED) is 0.541. The number of hydrogen-bond donors (Lipinski definition) is 0. The van der Waals surface area contributed by atoms with Crippen molar-refractivity contribution in [2.75, 3.05) is 12.8 Å². The van der Waals surface area contributed by atoms with Gasteiger partial charge in [0.15, 0.2) is 5.16 Å². The van der Waals surface area contributed by atoms with E-state index in [1.807, 2.05) is 41.0 Å². The molecule has 3 rings (SSSR count). The van der Waals surface area contributed by atoms with Gasteiger partial charge in [-0.3, -0.25) is 4.79 Å². The highest BCUT2D eigenvalue weighted by Gasteiger charge is 2.15. The van der Waals surface area contributed by atoms with Gasteiger partial charge in [0.2, 0.25) is 5.91 Å². The first-order chi connectivity index (χ1) is 12.9. The Morgan fingerprint density at radius 1 is 1.26 bits per heavy atom. The van der Waals surface area contributed by atoms with Crippen LogP contribution in [0, 0.1) is 0 Å². The minimum atomic E-state index is 0.00255. The van der Waals surface area contributed by atoms with Crippen molar-refractivity contribution in [3.8, 4) is 11.3 Å².